The maximum Gasteiger partial charge on any atom is 0.194 e. The van der Waals surface area contributed by atoms with E-state index in [0.717, 1.165) is 23.2 Å². The second kappa shape index (κ2) is 11.3. The van der Waals surface area contributed by atoms with E-state index in [1.165, 1.54) is 0 Å². The Bertz CT molecular complexity index is 882. The Kier molecular flexibility index (Phi) is 9.06. The highest BCUT2D eigenvalue weighted by molar-refractivity contribution is 7.91. The van der Waals surface area contributed by atoms with Crippen LogP contribution in [0.3, 0.4) is 0 Å². The van der Waals surface area contributed by atoms with E-state index >= 15 is 0 Å². The van der Waals surface area contributed by atoms with Gasteiger partial charge in [-0.3, -0.25) is 4.99 Å². The normalized spacial score (nSPS) is 13.3. The Labute approximate surface area is 177 Å². The van der Waals surface area contributed by atoms with Crippen LogP contribution in [-0.4, -0.2) is 57.3 Å². The van der Waals surface area contributed by atoms with Crippen LogP contribution in [0.4, 0.5) is 0 Å². The number of hydrogen-bond donors (Lipinski definition) is 1. The second-order valence-electron chi connectivity index (χ2n) is 6.63. The molecule has 0 saturated heterocycles. The molecule has 1 N–H and O–H groups in total. The lowest BCUT2D eigenvalue weighted by Gasteiger charge is -2.21. The molecule has 29 heavy (non-hydrogen) atoms. The number of benzene rings is 1. The molecular formula is C20H30N4O3S2. The molecule has 2 rings (SSSR count). The highest BCUT2D eigenvalue weighted by Crippen LogP contribution is 2.21. The van der Waals surface area contributed by atoms with Crippen molar-refractivity contribution in [3.05, 3.63) is 46.4 Å². The number of thiazole rings is 1. The van der Waals surface area contributed by atoms with Crippen molar-refractivity contribution in [2.45, 2.75) is 37.8 Å². The van der Waals surface area contributed by atoms with Gasteiger partial charge in [0.25, 0.3) is 0 Å². The van der Waals surface area contributed by atoms with Crippen molar-refractivity contribution < 1.29 is 13.2 Å². The van der Waals surface area contributed by atoms with Crippen LogP contribution in [0.1, 0.15) is 37.1 Å². The molecular weight excluding hydrogens is 408 g/mol. The predicted molar refractivity (Wildman–Crippen MR) is 118 cm³/mol. The Morgan fingerprint density at radius 2 is 2.07 bits per heavy atom. The van der Waals surface area contributed by atoms with Gasteiger partial charge in [-0.25, -0.2) is 13.4 Å². The van der Waals surface area contributed by atoms with E-state index in [4.69, 9.17) is 4.74 Å². The number of guanidine groups is 1. The summed E-state index contributed by atoms with van der Waals surface area (Å²) in [5, 5.41) is 6.22. The van der Waals surface area contributed by atoms with Gasteiger partial charge < -0.3 is 15.0 Å². The van der Waals surface area contributed by atoms with Gasteiger partial charge in [0, 0.05) is 32.6 Å². The molecule has 1 aromatic heterocycles. The largest absolute Gasteiger partial charge is 0.375 e. The molecule has 0 aliphatic rings. The number of hydrogen-bond acceptors (Lipinski definition) is 6. The van der Waals surface area contributed by atoms with E-state index in [9.17, 15) is 8.42 Å². The van der Waals surface area contributed by atoms with Gasteiger partial charge in [0.05, 0.1) is 22.9 Å². The summed E-state index contributed by atoms with van der Waals surface area (Å²) in [4.78, 5) is 11.5. The monoisotopic (exact) mass is 438 g/mol. The summed E-state index contributed by atoms with van der Waals surface area (Å²) >= 11 is 1.58. The van der Waals surface area contributed by atoms with Crippen molar-refractivity contribution in [2.75, 3.05) is 33.0 Å². The van der Waals surface area contributed by atoms with Crippen LogP contribution in [0.5, 0.6) is 0 Å². The molecule has 7 nitrogen and oxygen atoms in total. The van der Waals surface area contributed by atoms with Gasteiger partial charge in [-0.15, -0.1) is 11.3 Å². The fourth-order valence-electron chi connectivity index (χ4n) is 2.66. The Morgan fingerprint density at radius 3 is 2.72 bits per heavy atom. The van der Waals surface area contributed by atoms with Crippen LogP contribution in [0.25, 0.3) is 0 Å². The first-order chi connectivity index (χ1) is 13.9. The average molecular weight is 439 g/mol. The molecule has 0 fully saturated rings. The van der Waals surface area contributed by atoms with Crippen LogP contribution in [0, 0.1) is 0 Å². The minimum absolute atomic E-state index is 0.0208. The third-order valence-corrected chi connectivity index (χ3v) is 7.17. The molecule has 0 aliphatic heterocycles. The molecule has 0 radical (unpaired) electrons. The molecule has 0 bridgehead atoms. The van der Waals surface area contributed by atoms with Crippen LogP contribution in [0.15, 0.2) is 45.6 Å². The number of aliphatic imine (C=N–C) groups is 1. The number of nitrogens with one attached hydrogen (secondary N) is 1. The average Bonchev–Trinajstić information content (AvgIpc) is 3.18. The number of ether oxygens (including phenoxy) is 1. The predicted octanol–water partition coefficient (Wildman–Crippen LogP) is 3.11. The van der Waals surface area contributed by atoms with Crippen molar-refractivity contribution in [3.63, 3.8) is 0 Å². The number of sulfone groups is 1. The summed E-state index contributed by atoms with van der Waals surface area (Å²) in [6, 6.07) is 8.54. The summed E-state index contributed by atoms with van der Waals surface area (Å²) in [6.07, 6.45) is 0.444. The topological polar surface area (TPSA) is 83.9 Å². The summed E-state index contributed by atoms with van der Waals surface area (Å²) in [5.41, 5.74) is 0.952. The van der Waals surface area contributed by atoms with E-state index in [-0.39, 0.29) is 11.9 Å². The highest BCUT2D eigenvalue weighted by Gasteiger charge is 2.14. The zero-order chi connectivity index (χ0) is 21.3. The summed E-state index contributed by atoms with van der Waals surface area (Å²) in [7, 11) is 0.347. The van der Waals surface area contributed by atoms with Gasteiger partial charge in [0.1, 0.15) is 11.1 Å². The van der Waals surface area contributed by atoms with E-state index in [0.29, 0.717) is 24.4 Å². The van der Waals surface area contributed by atoms with Gasteiger partial charge in [-0.05, 0) is 32.4 Å². The molecule has 0 saturated carbocycles. The van der Waals surface area contributed by atoms with Crippen LogP contribution in [0.2, 0.25) is 0 Å². The van der Waals surface area contributed by atoms with Gasteiger partial charge in [0.15, 0.2) is 15.8 Å². The molecule has 160 valence electrons. The van der Waals surface area contributed by atoms with Gasteiger partial charge >= 0.3 is 0 Å². The van der Waals surface area contributed by atoms with Crippen molar-refractivity contribution in [3.8, 4) is 0 Å². The fourth-order valence-corrected chi connectivity index (χ4v) is 4.81. The van der Waals surface area contributed by atoms with Crippen molar-refractivity contribution >= 4 is 27.1 Å². The molecule has 9 heteroatoms. The number of rotatable bonds is 10. The third kappa shape index (κ3) is 7.09. The smallest absolute Gasteiger partial charge is 0.194 e. The Hall–Kier alpha value is -1.97. The third-order valence-electron chi connectivity index (χ3n) is 4.30. The van der Waals surface area contributed by atoms with Crippen LogP contribution in [-0.2, 0) is 21.1 Å². The quantitative estimate of drug-likeness (QED) is 0.349. The minimum Gasteiger partial charge on any atom is -0.375 e. The van der Waals surface area contributed by atoms with E-state index in [2.05, 4.69) is 15.3 Å². The number of methoxy groups -OCH3 is 1. The fraction of sp³-hybridized carbons (Fsp3) is 0.500. The van der Waals surface area contributed by atoms with Crippen LogP contribution >= 0.6 is 11.3 Å². The summed E-state index contributed by atoms with van der Waals surface area (Å²) in [5.74, 6) is 0.813. The molecule has 1 aromatic carbocycles. The van der Waals surface area contributed by atoms with Crippen LogP contribution < -0.4 is 5.32 Å². The maximum atomic E-state index is 12.4. The van der Waals surface area contributed by atoms with Crippen molar-refractivity contribution in [1.29, 1.82) is 0 Å². The van der Waals surface area contributed by atoms with E-state index in [1.54, 1.807) is 42.7 Å². The molecule has 2 aromatic rings. The lowest BCUT2D eigenvalue weighted by molar-refractivity contribution is 0.119. The van der Waals surface area contributed by atoms with E-state index in [1.807, 2.05) is 37.2 Å². The molecule has 1 atom stereocenters. The second-order valence-corrected chi connectivity index (χ2v) is 9.63. The maximum absolute atomic E-state index is 12.4. The zero-order valence-electron chi connectivity index (χ0n) is 17.5. The Morgan fingerprint density at radius 1 is 1.34 bits per heavy atom. The lowest BCUT2D eigenvalue weighted by atomic mass is 10.4. The zero-order valence-corrected chi connectivity index (χ0v) is 19.1. The first-order valence-corrected chi connectivity index (χ1v) is 12.1. The summed E-state index contributed by atoms with van der Waals surface area (Å²) < 4.78 is 30.1. The lowest BCUT2D eigenvalue weighted by Crippen LogP contribution is -2.38. The molecule has 1 unspecified atom stereocenters. The summed E-state index contributed by atoms with van der Waals surface area (Å²) in [6.45, 7) is 5.75. The first-order valence-electron chi connectivity index (χ1n) is 9.61. The molecule has 0 spiro atoms. The number of nitrogens with zero attached hydrogens (tertiary/aromatic N) is 3. The molecule has 0 aliphatic carbocycles. The highest BCUT2D eigenvalue weighted by atomic mass is 32.2. The van der Waals surface area contributed by atoms with Gasteiger partial charge in [0.2, 0.25) is 0 Å². The standard InChI is InChI=1S/C20H30N4O3S2/c1-5-21-20(24(3)14-17-15-28-19(23-17)16(2)27-4)22-12-9-13-29(25,26)18-10-7-6-8-11-18/h6-8,10-11,15-16H,5,9,12-14H2,1-4H3,(H,21,22). The SMILES string of the molecule is CCNC(=NCCCS(=O)(=O)c1ccccc1)N(C)Cc1csc(C(C)OC)n1. The minimum atomic E-state index is -3.27. The van der Waals surface area contributed by atoms with Crippen molar-refractivity contribution in [2.24, 2.45) is 4.99 Å². The van der Waals surface area contributed by atoms with Gasteiger partial charge in [-0.2, -0.15) is 0 Å². The molecule has 1 heterocycles. The van der Waals surface area contributed by atoms with Gasteiger partial charge in [-0.1, -0.05) is 18.2 Å². The number of aromatic nitrogens is 1. The van der Waals surface area contributed by atoms with Crippen molar-refractivity contribution in [1.82, 2.24) is 15.2 Å². The molecule has 0 amide bonds. The first kappa shape index (κ1) is 23.3. The Balaban J connectivity index is 1.93. The van der Waals surface area contributed by atoms with E-state index < -0.39 is 9.84 Å².